The van der Waals surface area contributed by atoms with Crippen molar-refractivity contribution in [3.05, 3.63) is 23.8 Å². The molecule has 0 saturated heterocycles. The van der Waals surface area contributed by atoms with Crippen LogP contribution in [0.25, 0.3) is 0 Å². The van der Waals surface area contributed by atoms with E-state index in [-0.39, 0.29) is 17.5 Å². The highest BCUT2D eigenvalue weighted by atomic mass is 32.2. The van der Waals surface area contributed by atoms with Gasteiger partial charge >= 0.3 is 5.97 Å². The summed E-state index contributed by atoms with van der Waals surface area (Å²) >= 11 is 0. The molecular formula is C14H19NO5S. The summed E-state index contributed by atoms with van der Waals surface area (Å²) in [5.41, 5.74) is 0.0726. The molecule has 1 aliphatic rings. The third kappa shape index (κ3) is 3.95. The lowest BCUT2D eigenvalue weighted by Crippen LogP contribution is -2.34. The minimum atomic E-state index is -3.77. The number of benzene rings is 1. The van der Waals surface area contributed by atoms with Crippen molar-refractivity contribution in [2.45, 2.75) is 37.7 Å². The number of fused-ring (bicyclic) bond motifs is 1. The maximum Gasteiger partial charge on any atom is 0.313 e. The van der Waals surface area contributed by atoms with Gasteiger partial charge in [0.15, 0.2) is 0 Å². The normalized spacial score (nSPS) is 18.6. The van der Waals surface area contributed by atoms with Gasteiger partial charge in [0.1, 0.15) is 18.0 Å². The third-order valence-corrected chi connectivity index (χ3v) is 3.92. The van der Waals surface area contributed by atoms with Crippen molar-refractivity contribution < 1.29 is 22.7 Å². The molecule has 1 aromatic carbocycles. The van der Waals surface area contributed by atoms with E-state index in [1.807, 2.05) is 0 Å². The lowest BCUT2D eigenvalue weighted by Gasteiger charge is -2.27. The Morgan fingerprint density at radius 2 is 2.05 bits per heavy atom. The molecule has 0 amide bonds. The van der Waals surface area contributed by atoms with Gasteiger partial charge in [-0.3, -0.25) is 4.79 Å². The van der Waals surface area contributed by atoms with Gasteiger partial charge in [0.05, 0.1) is 10.8 Å². The molecule has 1 atom stereocenters. The molecule has 21 heavy (non-hydrogen) atoms. The van der Waals surface area contributed by atoms with Gasteiger partial charge in [-0.1, -0.05) is 0 Å². The van der Waals surface area contributed by atoms with Crippen molar-refractivity contribution in [2.75, 3.05) is 6.61 Å². The Hall–Kier alpha value is -1.60. The summed E-state index contributed by atoms with van der Waals surface area (Å²) in [6, 6.07) is 4.39. The number of ether oxygens (including phenoxy) is 2. The van der Waals surface area contributed by atoms with Crippen LogP contribution in [0.2, 0.25) is 0 Å². The quantitative estimate of drug-likeness (QED) is 0.828. The highest BCUT2D eigenvalue weighted by molar-refractivity contribution is 7.89. The first kappa shape index (κ1) is 15.8. The number of carbonyl (C=O) groups excluding carboxylic acids is 1. The van der Waals surface area contributed by atoms with Crippen LogP contribution in [0.15, 0.2) is 23.1 Å². The van der Waals surface area contributed by atoms with E-state index >= 15 is 0 Å². The van der Waals surface area contributed by atoms with Crippen LogP contribution < -0.4 is 9.88 Å². The molecular weight excluding hydrogens is 294 g/mol. The van der Waals surface area contributed by atoms with Crippen LogP contribution >= 0.6 is 0 Å². The predicted molar refractivity (Wildman–Crippen MR) is 76.3 cm³/mol. The predicted octanol–water partition coefficient (Wildman–Crippen LogP) is 1.23. The van der Waals surface area contributed by atoms with Crippen molar-refractivity contribution in [1.82, 2.24) is 0 Å². The smallest absolute Gasteiger partial charge is 0.313 e. The summed E-state index contributed by atoms with van der Waals surface area (Å²) in [7, 11) is -3.77. The van der Waals surface area contributed by atoms with Gasteiger partial charge in [-0.15, -0.1) is 0 Å². The topological polar surface area (TPSA) is 95.7 Å². The second kappa shape index (κ2) is 5.31. The standard InChI is InChI=1S/C14H19NO5S/c1-14(2,3)20-13(16)10-6-9-7-11(21(15,17)18)4-5-12(9)19-8-10/h4-5,7,10H,6,8H2,1-3H3,(H2,15,17,18). The number of primary sulfonamides is 1. The molecule has 1 unspecified atom stereocenters. The van der Waals surface area contributed by atoms with E-state index in [9.17, 15) is 13.2 Å². The van der Waals surface area contributed by atoms with E-state index in [1.54, 1.807) is 26.8 Å². The average molecular weight is 313 g/mol. The van der Waals surface area contributed by atoms with E-state index in [4.69, 9.17) is 14.6 Å². The molecule has 0 fully saturated rings. The Morgan fingerprint density at radius 3 is 2.62 bits per heavy atom. The van der Waals surface area contributed by atoms with Crippen LogP contribution in [0, 0.1) is 5.92 Å². The Balaban J connectivity index is 2.21. The third-order valence-electron chi connectivity index (χ3n) is 3.01. The fourth-order valence-corrected chi connectivity index (χ4v) is 2.65. The summed E-state index contributed by atoms with van der Waals surface area (Å²) in [5, 5.41) is 5.11. The molecule has 1 aromatic rings. The molecule has 7 heteroatoms. The van der Waals surface area contributed by atoms with Gasteiger partial charge < -0.3 is 9.47 Å². The minimum Gasteiger partial charge on any atom is -0.492 e. The molecule has 6 nitrogen and oxygen atoms in total. The zero-order chi connectivity index (χ0) is 15.8. The minimum absolute atomic E-state index is 0.00897. The zero-order valence-corrected chi connectivity index (χ0v) is 13.1. The summed E-state index contributed by atoms with van der Waals surface area (Å²) in [4.78, 5) is 12.1. The van der Waals surface area contributed by atoms with Crippen molar-refractivity contribution in [1.29, 1.82) is 0 Å². The van der Waals surface area contributed by atoms with Crippen LogP contribution in [0.3, 0.4) is 0 Å². The molecule has 0 aromatic heterocycles. The monoisotopic (exact) mass is 313 g/mol. The molecule has 0 bridgehead atoms. The van der Waals surface area contributed by atoms with Crippen molar-refractivity contribution >= 4 is 16.0 Å². The number of rotatable bonds is 2. The Labute approximate surface area is 124 Å². The molecule has 0 spiro atoms. The molecule has 2 N–H and O–H groups in total. The number of hydrogen-bond acceptors (Lipinski definition) is 5. The largest absolute Gasteiger partial charge is 0.492 e. The molecule has 116 valence electrons. The van der Waals surface area contributed by atoms with E-state index in [0.29, 0.717) is 17.7 Å². The fraction of sp³-hybridized carbons (Fsp3) is 0.500. The van der Waals surface area contributed by atoms with Gasteiger partial charge in [0, 0.05) is 0 Å². The van der Waals surface area contributed by atoms with Gasteiger partial charge in [-0.05, 0) is 51.0 Å². The Bertz CT molecular complexity index is 660. The van der Waals surface area contributed by atoms with Gasteiger partial charge in [0.2, 0.25) is 10.0 Å². The fourth-order valence-electron chi connectivity index (χ4n) is 2.08. The second-order valence-electron chi connectivity index (χ2n) is 6.06. The first-order valence-electron chi connectivity index (χ1n) is 6.58. The van der Waals surface area contributed by atoms with E-state index in [2.05, 4.69) is 0 Å². The van der Waals surface area contributed by atoms with E-state index < -0.39 is 21.5 Å². The van der Waals surface area contributed by atoms with Gasteiger partial charge in [-0.2, -0.15) is 0 Å². The maximum absolute atomic E-state index is 12.1. The van der Waals surface area contributed by atoms with Gasteiger partial charge in [0.25, 0.3) is 0 Å². The first-order chi connectivity index (χ1) is 9.56. The lowest BCUT2D eigenvalue weighted by molar-refractivity contribution is -0.161. The van der Waals surface area contributed by atoms with E-state index in [1.165, 1.54) is 12.1 Å². The molecule has 0 aliphatic carbocycles. The number of carbonyl (C=O) groups is 1. The van der Waals surface area contributed by atoms with Crippen molar-refractivity contribution in [3.8, 4) is 5.75 Å². The second-order valence-corrected chi connectivity index (χ2v) is 7.62. The summed E-state index contributed by atoms with van der Waals surface area (Å²) < 4.78 is 33.6. The highest BCUT2D eigenvalue weighted by Gasteiger charge is 2.30. The molecule has 0 radical (unpaired) electrons. The van der Waals surface area contributed by atoms with E-state index in [0.717, 1.165) is 0 Å². The zero-order valence-electron chi connectivity index (χ0n) is 12.3. The van der Waals surface area contributed by atoms with Crippen LogP contribution in [-0.4, -0.2) is 26.6 Å². The number of esters is 1. The molecule has 2 rings (SSSR count). The highest BCUT2D eigenvalue weighted by Crippen LogP contribution is 2.30. The van der Waals surface area contributed by atoms with Gasteiger partial charge in [-0.25, -0.2) is 13.6 Å². The molecule has 0 saturated carbocycles. The van der Waals surface area contributed by atoms with Crippen molar-refractivity contribution in [2.24, 2.45) is 11.1 Å². The maximum atomic E-state index is 12.1. The SMILES string of the molecule is CC(C)(C)OC(=O)C1COc2ccc(S(N)(=O)=O)cc2C1. The average Bonchev–Trinajstić information content (AvgIpc) is 2.34. The van der Waals surface area contributed by atoms with Crippen LogP contribution in [0.5, 0.6) is 5.75 Å². The lowest BCUT2D eigenvalue weighted by atomic mass is 9.96. The number of hydrogen-bond donors (Lipinski definition) is 1. The van der Waals surface area contributed by atoms with Crippen molar-refractivity contribution in [3.63, 3.8) is 0 Å². The molecule has 1 heterocycles. The number of sulfonamides is 1. The Morgan fingerprint density at radius 1 is 1.38 bits per heavy atom. The first-order valence-corrected chi connectivity index (χ1v) is 8.12. The summed E-state index contributed by atoms with van der Waals surface area (Å²) in [6.07, 6.45) is 0.369. The van der Waals surface area contributed by atoms with Crippen LogP contribution in [0.4, 0.5) is 0 Å². The van der Waals surface area contributed by atoms with Crippen LogP contribution in [-0.2, 0) is 26.0 Å². The summed E-state index contributed by atoms with van der Waals surface area (Å²) in [5.74, 6) is -0.233. The molecule has 1 aliphatic heterocycles. The Kier molecular flexibility index (Phi) is 3.99. The summed E-state index contributed by atoms with van der Waals surface area (Å²) in [6.45, 7) is 5.60. The number of nitrogens with two attached hydrogens (primary N) is 1. The van der Waals surface area contributed by atoms with Crippen LogP contribution in [0.1, 0.15) is 26.3 Å².